The summed E-state index contributed by atoms with van der Waals surface area (Å²) in [6.45, 7) is 6.10. The third-order valence-electron chi connectivity index (χ3n) is 2.42. The zero-order valence-electron chi connectivity index (χ0n) is 11.1. The number of nitrogens with zero attached hydrogens (tertiary/aromatic N) is 3. The quantitative estimate of drug-likeness (QED) is 0.902. The van der Waals surface area contributed by atoms with Crippen molar-refractivity contribution in [3.63, 3.8) is 0 Å². The normalized spacial score (nSPS) is 10.6. The van der Waals surface area contributed by atoms with Gasteiger partial charge in [0.05, 0.1) is 6.20 Å². The van der Waals surface area contributed by atoms with E-state index < -0.39 is 0 Å². The van der Waals surface area contributed by atoms with Crippen molar-refractivity contribution in [3.05, 3.63) is 34.4 Å². The van der Waals surface area contributed by atoms with E-state index in [1.807, 2.05) is 39.0 Å². The van der Waals surface area contributed by atoms with Crippen LogP contribution in [0.5, 0.6) is 0 Å². The molecule has 0 saturated carbocycles. The highest BCUT2D eigenvalue weighted by Gasteiger charge is 2.03. The molecule has 1 aromatic carbocycles. The first-order valence-electron chi connectivity index (χ1n) is 6.04. The van der Waals surface area contributed by atoms with Gasteiger partial charge in [-0.25, -0.2) is 0 Å². The molecule has 0 atom stereocenters. The van der Waals surface area contributed by atoms with E-state index in [-0.39, 0.29) is 6.04 Å². The van der Waals surface area contributed by atoms with Crippen LogP contribution in [0.2, 0.25) is 0 Å². The maximum absolute atomic E-state index is 4.35. The second-order valence-corrected chi connectivity index (χ2v) is 5.41. The molecule has 2 N–H and O–H groups in total. The van der Waals surface area contributed by atoms with Crippen molar-refractivity contribution in [2.45, 2.75) is 26.8 Å². The van der Waals surface area contributed by atoms with Crippen LogP contribution in [0.15, 0.2) is 28.9 Å². The van der Waals surface area contributed by atoms with E-state index in [0.29, 0.717) is 11.8 Å². The van der Waals surface area contributed by atoms with E-state index in [9.17, 15) is 0 Å². The summed E-state index contributed by atoms with van der Waals surface area (Å²) in [5, 5.41) is 14.2. The lowest BCUT2D eigenvalue weighted by Crippen LogP contribution is -2.13. The number of aryl methyl sites for hydroxylation is 1. The van der Waals surface area contributed by atoms with Crippen molar-refractivity contribution in [1.82, 2.24) is 15.2 Å². The van der Waals surface area contributed by atoms with E-state index in [1.54, 1.807) is 6.20 Å². The summed E-state index contributed by atoms with van der Waals surface area (Å²) in [6.07, 6.45) is 1.60. The Morgan fingerprint density at radius 1 is 1.26 bits per heavy atom. The summed E-state index contributed by atoms with van der Waals surface area (Å²) in [6, 6.07) is 6.31. The van der Waals surface area contributed by atoms with Gasteiger partial charge in [0.15, 0.2) is 5.82 Å². The maximum Gasteiger partial charge on any atom is 0.244 e. The predicted molar refractivity (Wildman–Crippen MR) is 80.7 cm³/mol. The molecule has 0 saturated heterocycles. The minimum Gasteiger partial charge on any atom is -0.351 e. The molecule has 1 aromatic heterocycles. The first-order chi connectivity index (χ1) is 9.04. The van der Waals surface area contributed by atoms with Crippen LogP contribution >= 0.6 is 15.9 Å². The highest BCUT2D eigenvalue weighted by Crippen LogP contribution is 2.22. The molecule has 0 fully saturated rings. The molecule has 2 rings (SSSR count). The lowest BCUT2D eigenvalue weighted by atomic mass is 10.2. The van der Waals surface area contributed by atoms with Crippen molar-refractivity contribution >= 4 is 33.4 Å². The molecule has 100 valence electrons. The van der Waals surface area contributed by atoms with Gasteiger partial charge in [0, 0.05) is 16.2 Å². The van der Waals surface area contributed by atoms with Gasteiger partial charge < -0.3 is 10.6 Å². The molecule has 0 spiro atoms. The minimum atomic E-state index is 0.269. The Morgan fingerprint density at radius 2 is 2.05 bits per heavy atom. The number of nitrogens with one attached hydrogen (secondary N) is 2. The van der Waals surface area contributed by atoms with Crippen molar-refractivity contribution in [1.29, 1.82) is 0 Å². The fraction of sp³-hybridized carbons (Fsp3) is 0.308. The summed E-state index contributed by atoms with van der Waals surface area (Å²) in [4.78, 5) is 4.35. The molecular weight excluding hydrogens is 306 g/mol. The lowest BCUT2D eigenvalue weighted by molar-refractivity contribution is 0.852. The number of hydrogen-bond donors (Lipinski definition) is 2. The second kappa shape index (κ2) is 5.97. The average Bonchev–Trinajstić information content (AvgIpc) is 2.33. The zero-order chi connectivity index (χ0) is 13.8. The summed E-state index contributed by atoms with van der Waals surface area (Å²) < 4.78 is 1.06. The largest absolute Gasteiger partial charge is 0.351 e. The van der Waals surface area contributed by atoms with Crippen LogP contribution in [0.4, 0.5) is 17.5 Å². The summed E-state index contributed by atoms with van der Waals surface area (Å²) >= 11 is 3.51. The SMILES string of the molecule is Cc1ccc(Nc2cnnc(NC(C)C)n2)cc1Br. The smallest absolute Gasteiger partial charge is 0.244 e. The van der Waals surface area contributed by atoms with Crippen molar-refractivity contribution < 1.29 is 0 Å². The van der Waals surface area contributed by atoms with Gasteiger partial charge in [-0.3, -0.25) is 0 Å². The number of aromatic nitrogens is 3. The van der Waals surface area contributed by atoms with Gasteiger partial charge in [-0.2, -0.15) is 10.1 Å². The Labute approximate surface area is 121 Å². The highest BCUT2D eigenvalue weighted by atomic mass is 79.9. The van der Waals surface area contributed by atoms with Gasteiger partial charge in [-0.15, -0.1) is 5.10 Å². The van der Waals surface area contributed by atoms with Crippen LogP contribution in [0.25, 0.3) is 0 Å². The number of rotatable bonds is 4. The molecule has 19 heavy (non-hydrogen) atoms. The number of hydrogen-bond acceptors (Lipinski definition) is 5. The first kappa shape index (κ1) is 13.7. The Hall–Kier alpha value is -1.69. The summed E-state index contributed by atoms with van der Waals surface area (Å²) in [7, 11) is 0. The Balaban J connectivity index is 2.16. The molecule has 0 radical (unpaired) electrons. The van der Waals surface area contributed by atoms with Crippen molar-refractivity contribution in [3.8, 4) is 0 Å². The maximum atomic E-state index is 4.35. The highest BCUT2D eigenvalue weighted by molar-refractivity contribution is 9.10. The lowest BCUT2D eigenvalue weighted by Gasteiger charge is -2.10. The first-order valence-corrected chi connectivity index (χ1v) is 6.83. The fourth-order valence-corrected chi connectivity index (χ4v) is 1.88. The Kier molecular flexibility index (Phi) is 4.31. The van der Waals surface area contributed by atoms with E-state index in [1.165, 1.54) is 5.56 Å². The number of anilines is 3. The molecule has 2 aromatic rings. The fourth-order valence-electron chi connectivity index (χ4n) is 1.50. The standard InChI is InChI=1S/C13H16BrN5/c1-8(2)16-13-18-12(7-15-19-13)17-10-5-4-9(3)11(14)6-10/h4-8H,1-3H3,(H2,16,17,18,19). The van der Waals surface area contributed by atoms with Crippen LogP contribution in [0, 0.1) is 6.92 Å². The molecule has 0 aliphatic carbocycles. The summed E-state index contributed by atoms with van der Waals surface area (Å²) in [5.74, 6) is 1.18. The molecular formula is C13H16BrN5. The van der Waals surface area contributed by atoms with Crippen molar-refractivity contribution in [2.75, 3.05) is 10.6 Å². The molecule has 0 unspecified atom stereocenters. The van der Waals surface area contributed by atoms with Gasteiger partial charge in [0.2, 0.25) is 5.95 Å². The second-order valence-electron chi connectivity index (χ2n) is 4.55. The topological polar surface area (TPSA) is 62.7 Å². The predicted octanol–water partition coefficient (Wildman–Crippen LogP) is 3.51. The van der Waals surface area contributed by atoms with Gasteiger partial charge >= 0.3 is 0 Å². The minimum absolute atomic E-state index is 0.269. The molecule has 0 aliphatic heterocycles. The zero-order valence-corrected chi connectivity index (χ0v) is 12.7. The number of benzene rings is 1. The molecule has 6 heteroatoms. The van der Waals surface area contributed by atoms with Crippen LogP contribution in [0.3, 0.4) is 0 Å². The van der Waals surface area contributed by atoms with Gasteiger partial charge in [0.1, 0.15) is 0 Å². The Bertz CT molecular complexity index is 571. The average molecular weight is 322 g/mol. The monoisotopic (exact) mass is 321 g/mol. The van der Waals surface area contributed by atoms with Gasteiger partial charge in [-0.1, -0.05) is 22.0 Å². The van der Waals surface area contributed by atoms with Gasteiger partial charge in [0.25, 0.3) is 0 Å². The van der Waals surface area contributed by atoms with Crippen LogP contribution < -0.4 is 10.6 Å². The Morgan fingerprint density at radius 3 is 2.74 bits per heavy atom. The molecule has 0 aliphatic rings. The van der Waals surface area contributed by atoms with E-state index >= 15 is 0 Å². The van der Waals surface area contributed by atoms with Crippen molar-refractivity contribution in [2.24, 2.45) is 0 Å². The third-order valence-corrected chi connectivity index (χ3v) is 3.28. The van der Waals surface area contributed by atoms with E-state index in [4.69, 9.17) is 0 Å². The molecule has 0 amide bonds. The molecule has 1 heterocycles. The van der Waals surface area contributed by atoms with E-state index in [0.717, 1.165) is 10.2 Å². The van der Waals surface area contributed by atoms with Crippen LogP contribution in [-0.4, -0.2) is 21.2 Å². The third kappa shape index (κ3) is 3.89. The summed E-state index contributed by atoms with van der Waals surface area (Å²) in [5.41, 5.74) is 2.14. The molecule has 0 bridgehead atoms. The van der Waals surface area contributed by atoms with Crippen LogP contribution in [0.1, 0.15) is 19.4 Å². The van der Waals surface area contributed by atoms with Gasteiger partial charge in [-0.05, 0) is 38.5 Å². The van der Waals surface area contributed by atoms with Crippen LogP contribution in [-0.2, 0) is 0 Å². The molecule has 5 nitrogen and oxygen atoms in total. The number of halogens is 1. The van der Waals surface area contributed by atoms with E-state index in [2.05, 4.69) is 41.7 Å².